The van der Waals surface area contributed by atoms with Gasteiger partial charge < -0.3 is 0 Å². The van der Waals surface area contributed by atoms with Gasteiger partial charge in [0.25, 0.3) is 5.91 Å². The van der Waals surface area contributed by atoms with E-state index in [1.54, 1.807) is 0 Å². The average Bonchev–Trinajstić information content (AvgIpc) is 2.58. The van der Waals surface area contributed by atoms with Crippen LogP contribution < -0.4 is 5.43 Å². The summed E-state index contributed by atoms with van der Waals surface area (Å²) in [4.78, 5) is 14.5. The van der Waals surface area contributed by atoms with Crippen molar-refractivity contribution in [3.8, 4) is 0 Å². The first-order valence-corrected chi connectivity index (χ1v) is 7.78. The number of hydrogen-bond acceptors (Lipinski definition) is 3. The minimum Gasteiger partial charge on any atom is -0.296 e. The van der Waals surface area contributed by atoms with Gasteiger partial charge in [-0.1, -0.05) is 30.3 Å². The van der Waals surface area contributed by atoms with Crippen molar-refractivity contribution in [2.45, 2.75) is 6.54 Å². The maximum atomic E-state index is 12.9. The van der Waals surface area contributed by atoms with Gasteiger partial charge in [0.2, 0.25) is 0 Å². The predicted octanol–water partition coefficient (Wildman–Crippen LogP) is 2.29. The van der Waals surface area contributed by atoms with Crippen LogP contribution in [0.1, 0.15) is 15.9 Å². The molecule has 4 nitrogen and oxygen atoms in total. The first-order valence-electron chi connectivity index (χ1n) is 7.78. The number of nitrogens with one attached hydrogen (secondary N) is 1. The van der Waals surface area contributed by atoms with E-state index in [-0.39, 0.29) is 11.7 Å². The molecule has 1 amide bonds. The van der Waals surface area contributed by atoms with Gasteiger partial charge in [-0.2, -0.15) is 0 Å². The highest BCUT2D eigenvalue weighted by atomic mass is 19.1. The van der Waals surface area contributed by atoms with Gasteiger partial charge in [-0.15, -0.1) is 0 Å². The third kappa shape index (κ3) is 4.37. The monoisotopic (exact) mass is 313 g/mol. The molecule has 0 aromatic heterocycles. The van der Waals surface area contributed by atoms with Gasteiger partial charge in [-0.05, 0) is 29.8 Å². The zero-order valence-corrected chi connectivity index (χ0v) is 12.9. The first kappa shape index (κ1) is 15.6. The summed E-state index contributed by atoms with van der Waals surface area (Å²) in [5.41, 5.74) is 4.66. The van der Waals surface area contributed by atoms with Crippen molar-refractivity contribution in [3.05, 3.63) is 71.5 Å². The molecular weight excluding hydrogens is 293 g/mol. The molecular formula is C18H20FN3O. The zero-order chi connectivity index (χ0) is 16.1. The van der Waals surface area contributed by atoms with E-state index in [0.29, 0.717) is 5.56 Å². The molecule has 1 heterocycles. The Morgan fingerprint density at radius 2 is 1.61 bits per heavy atom. The zero-order valence-electron chi connectivity index (χ0n) is 12.9. The number of hydrogen-bond donors (Lipinski definition) is 1. The standard InChI is InChI=1S/C18H20FN3O/c19-17-8-6-16(7-9-17)18(23)20-22-12-10-21(11-13-22)14-15-4-2-1-3-5-15/h1-9H,10-14H2,(H,20,23). The molecule has 0 unspecified atom stereocenters. The normalized spacial score (nSPS) is 16.2. The molecule has 3 rings (SSSR count). The molecule has 5 heteroatoms. The van der Waals surface area contributed by atoms with E-state index >= 15 is 0 Å². The molecule has 0 aliphatic carbocycles. The topological polar surface area (TPSA) is 35.6 Å². The summed E-state index contributed by atoms with van der Waals surface area (Å²) in [7, 11) is 0. The van der Waals surface area contributed by atoms with Crippen LogP contribution in [0.2, 0.25) is 0 Å². The van der Waals surface area contributed by atoms with E-state index < -0.39 is 0 Å². The fraction of sp³-hybridized carbons (Fsp3) is 0.278. The Morgan fingerprint density at radius 3 is 2.26 bits per heavy atom. The molecule has 1 aliphatic heterocycles. The summed E-state index contributed by atoms with van der Waals surface area (Å²) >= 11 is 0. The Bertz CT molecular complexity index is 637. The van der Waals surface area contributed by atoms with E-state index in [1.807, 2.05) is 11.1 Å². The Kier molecular flexibility index (Phi) is 5.00. The second-order valence-electron chi connectivity index (χ2n) is 5.70. The number of rotatable bonds is 4. The van der Waals surface area contributed by atoms with Crippen molar-refractivity contribution in [3.63, 3.8) is 0 Å². The molecule has 0 bridgehead atoms. The predicted molar refractivity (Wildman–Crippen MR) is 87.2 cm³/mol. The number of halogens is 1. The molecule has 2 aromatic carbocycles. The molecule has 120 valence electrons. The number of benzene rings is 2. The van der Waals surface area contributed by atoms with Crippen molar-refractivity contribution in [2.24, 2.45) is 0 Å². The van der Waals surface area contributed by atoms with Gasteiger partial charge in [-0.3, -0.25) is 15.1 Å². The van der Waals surface area contributed by atoms with Crippen molar-refractivity contribution >= 4 is 5.91 Å². The lowest BCUT2D eigenvalue weighted by Crippen LogP contribution is -2.53. The maximum Gasteiger partial charge on any atom is 0.265 e. The van der Waals surface area contributed by atoms with Gasteiger partial charge in [0.05, 0.1) is 0 Å². The van der Waals surface area contributed by atoms with E-state index in [2.05, 4.69) is 34.6 Å². The Balaban J connectivity index is 1.47. The smallest absolute Gasteiger partial charge is 0.265 e. The fourth-order valence-corrected chi connectivity index (χ4v) is 2.67. The van der Waals surface area contributed by atoms with Gasteiger partial charge in [-0.25, -0.2) is 9.40 Å². The molecule has 0 saturated carbocycles. The van der Waals surface area contributed by atoms with Gasteiger partial charge in [0.1, 0.15) is 5.82 Å². The molecule has 1 fully saturated rings. The third-order valence-electron chi connectivity index (χ3n) is 3.99. The fourth-order valence-electron chi connectivity index (χ4n) is 2.67. The lowest BCUT2D eigenvalue weighted by molar-refractivity contribution is 0.0604. The summed E-state index contributed by atoms with van der Waals surface area (Å²) in [6.45, 7) is 4.29. The van der Waals surface area contributed by atoms with Crippen LogP contribution in [0.25, 0.3) is 0 Å². The SMILES string of the molecule is O=C(NN1CCN(Cc2ccccc2)CC1)c1ccc(F)cc1. The Labute approximate surface area is 135 Å². The Morgan fingerprint density at radius 1 is 0.957 bits per heavy atom. The lowest BCUT2D eigenvalue weighted by Gasteiger charge is -2.34. The van der Waals surface area contributed by atoms with Gasteiger partial charge in [0, 0.05) is 38.3 Å². The van der Waals surface area contributed by atoms with Crippen LogP contribution >= 0.6 is 0 Å². The number of carbonyl (C=O) groups is 1. The minimum atomic E-state index is -0.337. The van der Waals surface area contributed by atoms with Crippen molar-refractivity contribution in [1.29, 1.82) is 0 Å². The number of piperazine rings is 1. The highest BCUT2D eigenvalue weighted by Gasteiger charge is 2.18. The van der Waals surface area contributed by atoms with Crippen LogP contribution in [0.3, 0.4) is 0 Å². The molecule has 23 heavy (non-hydrogen) atoms. The Hall–Kier alpha value is -2.24. The van der Waals surface area contributed by atoms with Crippen LogP contribution in [0, 0.1) is 5.82 Å². The quantitative estimate of drug-likeness (QED) is 0.941. The van der Waals surface area contributed by atoms with Crippen molar-refractivity contribution < 1.29 is 9.18 Å². The van der Waals surface area contributed by atoms with Crippen LogP contribution in [0.15, 0.2) is 54.6 Å². The summed E-state index contributed by atoms with van der Waals surface area (Å²) in [5, 5.41) is 1.92. The molecule has 2 aromatic rings. The van der Waals surface area contributed by atoms with E-state index in [1.165, 1.54) is 29.8 Å². The average molecular weight is 313 g/mol. The minimum absolute atomic E-state index is 0.193. The first-order chi connectivity index (χ1) is 11.2. The third-order valence-corrected chi connectivity index (χ3v) is 3.99. The molecule has 0 atom stereocenters. The van der Waals surface area contributed by atoms with Gasteiger partial charge >= 0.3 is 0 Å². The molecule has 0 spiro atoms. The van der Waals surface area contributed by atoms with Crippen LogP contribution in [0.4, 0.5) is 4.39 Å². The highest BCUT2D eigenvalue weighted by Crippen LogP contribution is 2.08. The van der Waals surface area contributed by atoms with E-state index in [9.17, 15) is 9.18 Å². The molecule has 0 radical (unpaired) electrons. The number of nitrogens with zero attached hydrogens (tertiary/aromatic N) is 2. The second-order valence-corrected chi connectivity index (χ2v) is 5.70. The summed E-state index contributed by atoms with van der Waals surface area (Å²) < 4.78 is 12.9. The lowest BCUT2D eigenvalue weighted by atomic mass is 10.2. The number of amides is 1. The second kappa shape index (κ2) is 7.35. The van der Waals surface area contributed by atoms with Crippen molar-refractivity contribution in [2.75, 3.05) is 26.2 Å². The largest absolute Gasteiger partial charge is 0.296 e. The molecule has 1 N–H and O–H groups in total. The molecule has 1 saturated heterocycles. The summed E-state index contributed by atoms with van der Waals surface area (Å²) in [5.74, 6) is -0.530. The molecule has 1 aliphatic rings. The highest BCUT2D eigenvalue weighted by molar-refractivity contribution is 5.93. The van der Waals surface area contributed by atoms with E-state index in [0.717, 1.165) is 32.7 Å². The van der Waals surface area contributed by atoms with Gasteiger partial charge in [0.15, 0.2) is 0 Å². The van der Waals surface area contributed by atoms with Crippen LogP contribution in [-0.2, 0) is 6.54 Å². The maximum absolute atomic E-state index is 12.9. The van der Waals surface area contributed by atoms with E-state index in [4.69, 9.17) is 0 Å². The van der Waals surface area contributed by atoms with Crippen molar-refractivity contribution in [1.82, 2.24) is 15.3 Å². The summed E-state index contributed by atoms with van der Waals surface area (Å²) in [6.07, 6.45) is 0. The van der Waals surface area contributed by atoms with Crippen LogP contribution in [0.5, 0.6) is 0 Å². The van der Waals surface area contributed by atoms with Crippen LogP contribution in [-0.4, -0.2) is 42.0 Å². The number of hydrazine groups is 1. The number of carbonyl (C=O) groups excluding carboxylic acids is 1. The summed E-state index contributed by atoms with van der Waals surface area (Å²) in [6, 6.07) is 16.0.